The smallest absolute Gasteiger partial charge is 0.280 e. The zero-order valence-corrected chi connectivity index (χ0v) is 17.0. The lowest BCUT2D eigenvalue weighted by atomic mass is 10.1. The molecule has 0 fully saturated rings. The van der Waals surface area contributed by atoms with Gasteiger partial charge in [0.25, 0.3) is 6.79 Å². The zero-order chi connectivity index (χ0) is 19.8. The van der Waals surface area contributed by atoms with Gasteiger partial charge >= 0.3 is 0 Å². The van der Waals surface area contributed by atoms with Crippen LogP contribution >= 0.6 is 23.2 Å². The topological polar surface area (TPSA) is 61.6 Å². The second-order valence-corrected chi connectivity index (χ2v) is 6.29. The largest absolute Gasteiger partial charge is 0.496 e. The molecule has 2 aromatic carbocycles. The summed E-state index contributed by atoms with van der Waals surface area (Å²) in [6.07, 6.45) is 0. The quantitative estimate of drug-likeness (QED) is 0.261. The first-order chi connectivity index (χ1) is 13.0. The van der Waals surface area contributed by atoms with Gasteiger partial charge in [0.05, 0.1) is 25.6 Å². The van der Waals surface area contributed by atoms with Crippen LogP contribution < -0.4 is 9.47 Å². The van der Waals surface area contributed by atoms with Gasteiger partial charge in [0, 0.05) is 21.2 Å². The molecule has 8 heteroatoms. The van der Waals surface area contributed by atoms with Crippen LogP contribution in [0.5, 0.6) is 11.5 Å². The lowest BCUT2D eigenvalue weighted by molar-refractivity contribution is -0.0505. The van der Waals surface area contributed by atoms with Crippen molar-refractivity contribution in [2.45, 2.75) is 13.8 Å². The molecule has 0 radical (unpaired) electrons. The van der Waals surface area contributed by atoms with Crippen LogP contribution in [0.1, 0.15) is 25.0 Å². The highest BCUT2D eigenvalue weighted by atomic mass is 35.5. The summed E-state index contributed by atoms with van der Waals surface area (Å²) in [5, 5.41) is 9.15. The molecule has 0 amide bonds. The Bertz CT molecular complexity index is 784. The minimum Gasteiger partial charge on any atom is -0.496 e. The van der Waals surface area contributed by atoms with Gasteiger partial charge in [-0.25, -0.2) is 0 Å². The number of halogens is 2. The third-order valence-corrected chi connectivity index (χ3v) is 4.08. The van der Waals surface area contributed by atoms with Crippen LogP contribution in [0.2, 0.25) is 10.0 Å². The van der Waals surface area contributed by atoms with E-state index in [9.17, 15) is 0 Å². The molecule has 0 saturated heterocycles. The Hall–Kier alpha value is -2.44. The maximum Gasteiger partial charge on any atom is 0.280 e. The van der Waals surface area contributed by atoms with Crippen LogP contribution in [0.4, 0.5) is 0 Å². The van der Waals surface area contributed by atoms with Crippen molar-refractivity contribution < 1.29 is 19.1 Å². The number of methoxy groups -OCH3 is 2. The fourth-order valence-corrected chi connectivity index (χ4v) is 2.64. The predicted octanol–water partition coefficient (Wildman–Crippen LogP) is 5.15. The Morgan fingerprint density at radius 3 is 1.56 bits per heavy atom. The molecule has 0 aromatic heterocycles. The van der Waals surface area contributed by atoms with Crippen molar-refractivity contribution in [3.05, 3.63) is 57.6 Å². The van der Waals surface area contributed by atoms with E-state index in [1.54, 1.807) is 64.5 Å². The van der Waals surface area contributed by atoms with Crippen molar-refractivity contribution in [1.29, 1.82) is 0 Å². The average molecular weight is 411 g/mol. The Labute approximate surface area is 168 Å². The summed E-state index contributed by atoms with van der Waals surface area (Å²) in [6.45, 7) is 3.39. The van der Waals surface area contributed by atoms with Gasteiger partial charge in [0.15, 0.2) is 0 Å². The molecule has 144 valence electrons. The van der Waals surface area contributed by atoms with Crippen molar-refractivity contribution in [3.63, 3.8) is 0 Å². The molecule has 2 rings (SSSR count). The van der Waals surface area contributed by atoms with Gasteiger partial charge in [-0.3, -0.25) is 0 Å². The maximum atomic E-state index is 6.02. The number of rotatable bonds is 8. The van der Waals surface area contributed by atoms with E-state index in [2.05, 4.69) is 10.3 Å². The van der Waals surface area contributed by atoms with Crippen LogP contribution in [0.3, 0.4) is 0 Å². The molecule has 0 bridgehead atoms. The van der Waals surface area contributed by atoms with Crippen LogP contribution in [0.15, 0.2) is 46.7 Å². The van der Waals surface area contributed by atoms with Crippen molar-refractivity contribution >= 4 is 34.6 Å². The van der Waals surface area contributed by atoms with Crippen LogP contribution in [-0.2, 0) is 9.68 Å². The lowest BCUT2D eigenvalue weighted by Crippen LogP contribution is -2.03. The number of nitrogens with zero attached hydrogens (tertiary/aromatic N) is 2. The molecule has 27 heavy (non-hydrogen) atoms. The molecule has 0 saturated carbocycles. The van der Waals surface area contributed by atoms with Gasteiger partial charge in [-0.05, 0) is 50.2 Å². The summed E-state index contributed by atoms with van der Waals surface area (Å²) >= 11 is 12.0. The molecular weight excluding hydrogens is 391 g/mol. The van der Waals surface area contributed by atoms with Gasteiger partial charge in [-0.2, -0.15) is 0 Å². The second-order valence-electron chi connectivity index (χ2n) is 5.42. The highest BCUT2D eigenvalue weighted by Crippen LogP contribution is 2.24. The Balaban J connectivity index is 1.98. The molecule has 0 spiro atoms. The SMILES string of the molecule is COc1ccc(Cl)cc1C(C)=NOCON=C(C)c1cc(Cl)ccc1OC. The Morgan fingerprint density at radius 1 is 0.778 bits per heavy atom. The summed E-state index contributed by atoms with van der Waals surface area (Å²) in [4.78, 5) is 10.3. The van der Waals surface area contributed by atoms with Gasteiger partial charge in [0.1, 0.15) is 11.5 Å². The summed E-state index contributed by atoms with van der Waals surface area (Å²) in [7, 11) is 3.15. The lowest BCUT2D eigenvalue weighted by Gasteiger charge is -2.09. The molecule has 0 unspecified atom stereocenters. The summed E-state index contributed by atoms with van der Waals surface area (Å²) in [5.41, 5.74) is 2.65. The number of oxime groups is 2. The van der Waals surface area contributed by atoms with E-state index < -0.39 is 0 Å². The van der Waals surface area contributed by atoms with E-state index in [0.29, 0.717) is 33.0 Å². The number of benzene rings is 2. The second kappa shape index (κ2) is 10.0. The molecule has 0 aliphatic heterocycles. The summed E-state index contributed by atoms with van der Waals surface area (Å²) in [6, 6.07) is 10.5. The van der Waals surface area contributed by atoms with E-state index in [0.717, 1.165) is 11.1 Å². The van der Waals surface area contributed by atoms with Crippen molar-refractivity contribution in [3.8, 4) is 11.5 Å². The first-order valence-corrected chi connectivity index (χ1v) is 8.72. The first kappa shape index (κ1) is 20.9. The fraction of sp³-hybridized carbons (Fsp3) is 0.263. The highest BCUT2D eigenvalue weighted by Gasteiger charge is 2.09. The van der Waals surface area contributed by atoms with E-state index in [1.165, 1.54) is 0 Å². The number of ether oxygens (including phenoxy) is 2. The predicted molar refractivity (Wildman–Crippen MR) is 107 cm³/mol. The molecular formula is C19H20Cl2N2O4. The standard InChI is InChI=1S/C19H20Cl2N2O4/c1-12(16-9-14(20)5-7-18(16)24-3)22-26-11-27-23-13(2)17-10-15(21)6-8-19(17)25-4/h5-10H,11H2,1-4H3. The monoisotopic (exact) mass is 410 g/mol. The fourth-order valence-electron chi connectivity index (χ4n) is 2.29. The highest BCUT2D eigenvalue weighted by molar-refractivity contribution is 6.31. The van der Waals surface area contributed by atoms with Crippen LogP contribution in [-0.4, -0.2) is 32.4 Å². The Morgan fingerprint density at radius 2 is 1.19 bits per heavy atom. The molecule has 0 aliphatic carbocycles. The van der Waals surface area contributed by atoms with Crippen molar-refractivity contribution in [1.82, 2.24) is 0 Å². The van der Waals surface area contributed by atoms with E-state index in [1.807, 2.05) is 0 Å². The van der Waals surface area contributed by atoms with E-state index in [4.69, 9.17) is 42.4 Å². The molecule has 0 heterocycles. The summed E-state index contributed by atoms with van der Waals surface area (Å²) < 4.78 is 10.6. The van der Waals surface area contributed by atoms with Gasteiger partial charge in [-0.1, -0.05) is 33.5 Å². The molecule has 0 N–H and O–H groups in total. The third kappa shape index (κ3) is 5.77. The minimum atomic E-state index is -0.166. The van der Waals surface area contributed by atoms with Crippen LogP contribution in [0, 0.1) is 0 Å². The number of hydrogen-bond acceptors (Lipinski definition) is 6. The van der Waals surface area contributed by atoms with E-state index >= 15 is 0 Å². The first-order valence-electron chi connectivity index (χ1n) is 7.97. The maximum absolute atomic E-state index is 6.02. The molecule has 2 aromatic rings. The molecule has 0 atom stereocenters. The van der Waals surface area contributed by atoms with E-state index in [-0.39, 0.29) is 6.79 Å². The molecule has 6 nitrogen and oxygen atoms in total. The summed E-state index contributed by atoms with van der Waals surface area (Å²) in [5.74, 6) is 1.29. The van der Waals surface area contributed by atoms with Gasteiger partial charge in [-0.15, -0.1) is 0 Å². The zero-order valence-electron chi connectivity index (χ0n) is 15.5. The average Bonchev–Trinajstić information content (AvgIpc) is 2.67. The Kier molecular flexibility index (Phi) is 7.76. The molecule has 0 aliphatic rings. The number of hydrogen-bond donors (Lipinski definition) is 0. The normalized spacial score (nSPS) is 11.9. The minimum absolute atomic E-state index is 0.166. The van der Waals surface area contributed by atoms with Crippen LogP contribution in [0.25, 0.3) is 0 Å². The van der Waals surface area contributed by atoms with Gasteiger partial charge in [0.2, 0.25) is 0 Å². The van der Waals surface area contributed by atoms with Gasteiger partial charge < -0.3 is 19.1 Å². The van der Waals surface area contributed by atoms with Crippen molar-refractivity contribution in [2.75, 3.05) is 21.0 Å². The van der Waals surface area contributed by atoms with Crippen molar-refractivity contribution in [2.24, 2.45) is 10.3 Å². The third-order valence-electron chi connectivity index (χ3n) is 3.61.